The van der Waals surface area contributed by atoms with Crippen LogP contribution in [0, 0.1) is 0 Å². The molecule has 0 saturated heterocycles. The van der Waals surface area contributed by atoms with E-state index in [0.717, 1.165) is 19.4 Å². The van der Waals surface area contributed by atoms with Crippen molar-refractivity contribution >= 4 is 11.7 Å². The zero-order valence-electron chi connectivity index (χ0n) is 11.1. The molecule has 0 saturated carbocycles. The predicted molar refractivity (Wildman–Crippen MR) is 62.0 cm³/mol. The maximum Gasteiger partial charge on any atom is 0.416 e. The van der Waals surface area contributed by atoms with Gasteiger partial charge >= 0.3 is 18.4 Å². The Hall–Kier alpha value is -1.98. The summed E-state index contributed by atoms with van der Waals surface area (Å²) in [5, 5.41) is 14.2. The molecule has 1 heterocycles. The van der Waals surface area contributed by atoms with Gasteiger partial charge in [0.1, 0.15) is 6.54 Å². The maximum atomic E-state index is 12.1. The highest BCUT2D eigenvalue weighted by molar-refractivity contribution is 5.88. The molecule has 1 rings (SSSR count). The van der Waals surface area contributed by atoms with Crippen LogP contribution >= 0.6 is 0 Å². The highest BCUT2D eigenvalue weighted by Crippen LogP contribution is 2.21. The molecule has 0 aliphatic rings. The highest BCUT2D eigenvalue weighted by atomic mass is 19.4. The van der Waals surface area contributed by atoms with E-state index in [1.807, 2.05) is 0 Å². The predicted octanol–water partition coefficient (Wildman–Crippen LogP) is 1.83. The van der Waals surface area contributed by atoms with E-state index in [2.05, 4.69) is 10.4 Å². The number of hydrogen-bond donors (Lipinski definition) is 2. The van der Waals surface area contributed by atoms with Crippen molar-refractivity contribution in [1.29, 1.82) is 0 Å². The standard InChI is InChI=1S/C10H12F6N4O2/c1-19(4-7(21)10(14,15)16)8(22)18-6-2-17-20(3-6)5-9(11,12)13/h2-3,7,21H,4-5H2,1H3,(H,18,22). The molecule has 1 atom stereocenters. The second-order valence-corrected chi connectivity index (χ2v) is 4.41. The molecule has 1 aromatic rings. The van der Waals surface area contributed by atoms with Gasteiger partial charge in [-0.2, -0.15) is 31.4 Å². The number of hydrogen-bond acceptors (Lipinski definition) is 3. The number of aliphatic hydroxyl groups is 1. The molecule has 1 aromatic heterocycles. The van der Waals surface area contributed by atoms with E-state index in [0.29, 0.717) is 9.58 Å². The summed E-state index contributed by atoms with van der Waals surface area (Å²) in [4.78, 5) is 12.1. The lowest BCUT2D eigenvalue weighted by Crippen LogP contribution is -2.43. The maximum absolute atomic E-state index is 12.1. The van der Waals surface area contributed by atoms with Crippen LogP contribution in [-0.2, 0) is 6.54 Å². The van der Waals surface area contributed by atoms with Gasteiger partial charge in [-0.25, -0.2) is 4.79 Å². The summed E-state index contributed by atoms with van der Waals surface area (Å²) >= 11 is 0. The first-order chi connectivity index (χ1) is 9.88. The van der Waals surface area contributed by atoms with Crippen molar-refractivity contribution in [3.63, 3.8) is 0 Å². The minimum atomic E-state index is -4.88. The minimum Gasteiger partial charge on any atom is -0.382 e. The second-order valence-electron chi connectivity index (χ2n) is 4.41. The molecular formula is C10H12F6N4O2. The van der Waals surface area contributed by atoms with E-state index in [-0.39, 0.29) is 5.69 Å². The molecule has 0 fully saturated rings. The number of anilines is 1. The molecule has 6 nitrogen and oxygen atoms in total. The summed E-state index contributed by atoms with van der Waals surface area (Å²) in [5.74, 6) is 0. The fraction of sp³-hybridized carbons (Fsp3) is 0.600. The molecule has 2 N–H and O–H groups in total. The molecule has 0 aliphatic carbocycles. The fourth-order valence-corrected chi connectivity index (χ4v) is 1.36. The summed E-state index contributed by atoms with van der Waals surface area (Å²) in [6.07, 6.45) is -10.3. The first-order valence-corrected chi connectivity index (χ1v) is 5.74. The van der Waals surface area contributed by atoms with Crippen molar-refractivity contribution in [3.05, 3.63) is 12.4 Å². The van der Waals surface area contributed by atoms with Crippen molar-refractivity contribution in [2.75, 3.05) is 18.9 Å². The number of nitrogens with zero attached hydrogens (tertiary/aromatic N) is 3. The molecular weight excluding hydrogens is 322 g/mol. The van der Waals surface area contributed by atoms with Gasteiger partial charge in [0, 0.05) is 13.2 Å². The lowest BCUT2D eigenvalue weighted by molar-refractivity contribution is -0.205. The van der Waals surface area contributed by atoms with E-state index in [9.17, 15) is 31.1 Å². The molecule has 0 aromatic carbocycles. The smallest absolute Gasteiger partial charge is 0.382 e. The zero-order chi connectivity index (χ0) is 17.1. The number of likely N-dealkylation sites (N-methyl/N-ethyl adjacent to an activating group) is 1. The number of nitrogens with one attached hydrogen (secondary N) is 1. The third-order valence-corrected chi connectivity index (χ3v) is 2.40. The molecule has 0 radical (unpaired) electrons. The number of halogens is 6. The summed E-state index contributed by atoms with van der Waals surface area (Å²) in [6, 6.07) is -1.03. The highest BCUT2D eigenvalue weighted by Gasteiger charge is 2.39. The van der Waals surface area contributed by atoms with Crippen LogP contribution in [0.4, 0.5) is 36.8 Å². The molecule has 126 valence electrons. The molecule has 2 amide bonds. The third kappa shape index (κ3) is 5.79. The second kappa shape index (κ2) is 6.42. The molecule has 0 bridgehead atoms. The topological polar surface area (TPSA) is 70.4 Å². The van der Waals surface area contributed by atoms with Crippen LogP contribution in [0.15, 0.2) is 12.4 Å². The van der Waals surface area contributed by atoms with Gasteiger partial charge in [-0.05, 0) is 0 Å². The normalized spacial score (nSPS) is 13.8. The number of rotatable bonds is 4. The number of carbonyl (C=O) groups is 1. The van der Waals surface area contributed by atoms with Gasteiger partial charge < -0.3 is 15.3 Å². The van der Waals surface area contributed by atoms with Crippen molar-refractivity contribution < 1.29 is 36.2 Å². The number of aromatic nitrogens is 2. The SMILES string of the molecule is CN(CC(O)C(F)(F)F)C(=O)Nc1cnn(CC(F)(F)F)c1. The largest absolute Gasteiger partial charge is 0.416 e. The Balaban J connectivity index is 2.58. The Morgan fingerprint density at radius 1 is 1.41 bits per heavy atom. The summed E-state index contributed by atoms with van der Waals surface area (Å²) in [7, 11) is 0.991. The summed E-state index contributed by atoms with van der Waals surface area (Å²) in [5.41, 5.74) is -0.123. The first-order valence-electron chi connectivity index (χ1n) is 5.74. The van der Waals surface area contributed by atoms with Crippen LogP contribution in [0.3, 0.4) is 0 Å². The molecule has 0 spiro atoms. The fourth-order valence-electron chi connectivity index (χ4n) is 1.36. The van der Waals surface area contributed by atoms with Crippen molar-refractivity contribution in [3.8, 4) is 0 Å². The minimum absolute atomic E-state index is 0.123. The lowest BCUT2D eigenvalue weighted by Gasteiger charge is -2.22. The van der Waals surface area contributed by atoms with Gasteiger partial charge in [0.25, 0.3) is 0 Å². The van der Waals surface area contributed by atoms with Crippen LogP contribution < -0.4 is 5.32 Å². The van der Waals surface area contributed by atoms with Crippen molar-refractivity contribution in [2.45, 2.75) is 25.0 Å². The first kappa shape index (κ1) is 18.1. The quantitative estimate of drug-likeness (QED) is 0.826. The van der Waals surface area contributed by atoms with Crippen LogP contribution in [0.25, 0.3) is 0 Å². The molecule has 22 heavy (non-hydrogen) atoms. The van der Waals surface area contributed by atoms with E-state index < -0.39 is 37.6 Å². The molecule has 0 aliphatic heterocycles. The molecule has 12 heteroatoms. The monoisotopic (exact) mass is 334 g/mol. The van der Waals surface area contributed by atoms with Crippen LogP contribution in [0.5, 0.6) is 0 Å². The Labute approximate surface area is 120 Å². The van der Waals surface area contributed by atoms with Gasteiger partial charge in [0.05, 0.1) is 18.4 Å². The van der Waals surface area contributed by atoms with E-state index in [1.165, 1.54) is 0 Å². The van der Waals surface area contributed by atoms with Crippen molar-refractivity contribution in [2.24, 2.45) is 0 Å². The van der Waals surface area contributed by atoms with Gasteiger partial charge in [0.2, 0.25) is 0 Å². The van der Waals surface area contributed by atoms with Gasteiger partial charge in [-0.3, -0.25) is 4.68 Å². The summed E-state index contributed by atoms with van der Waals surface area (Å²) in [6.45, 7) is -2.39. The van der Waals surface area contributed by atoms with Crippen LogP contribution in [0.1, 0.15) is 0 Å². The van der Waals surface area contributed by atoms with Crippen molar-refractivity contribution in [1.82, 2.24) is 14.7 Å². The number of urea groups is 1. The summed E-state index contributed by atoms with van der Waals surface area (Å²) < 4.78 is 73.2. The van der Waals surface area contributed by atoms with Crippen LogP contribution in [0.2, 0.25) is 0 Å². The number of aliphatic hydroxyl groups excluding tert-OH is 1. The van der Waals surface area contributed by atoms with E-state index >= 15 is 0 Å². The number of carbonyl (C=O) groups excluding carboxylic acids is 1. The average molecular weight is 334 g/mol. The molecule has 1 unspecified atom stereocenters. The van der Waals surface area contributed by atoms with Crippen LogP contribution in [-0.4, -0.2) is 57.9 Å². The Bertz CT molecular complexity index is 512. The Kier molecular flexibility index (Phi) is 5.27. The van der Waals surface area contributed by atoms with Gasteiger partial charge in [-0.1, -0.05) is 0 Å². The van der Waals surface area contributed by atoms with E-state index in [4.69, 9.17) is 5.11 Å². The average Bonchev–Trinajstić information content (AvgIpc) is 2.72. The number of alkyl halides is 6. The number of amides is 2. The van der Waals surface area contributed by atoms with Gasteiger partial charge in [-0.15, -0.1) is 0 Å². The van der Waals surface area contributed by atoms with Gasteiger partial charge in [0.15, 0.2) is 6.10 Å². The zero-order valence-corrected chi connectivity index (χ0v) is 11.1. The lowest BCUT2D eigenvalue weighted by atomic mass is 10.3. The Morgan fingerprint density at radius 2 is 2.00 bits per heavy atom. The van der Waals surface area contributed by atoms with E-state index in [1.54, 1.807) is 0 Å². The Morgan fingerprint density at radius 3 is 2.50 bits per heavy atom. The third-order valence-electron chi connectivity index (χ3n) is 2.40.